The minimum absolute atomic E-state index is 0.152. The number of carbonyl (C=O) groups is 2. The van der Waals surface area contributed by atoms with Crippen LogP contribution in [0.2, 0.25) is 5.02 Å². The van der Waals surface area contributed by atoms with Crippen molar-refractivity contribution in [2.45, 2.75) is 38.0 Å². The number of thioether (sulfide) groups is 1. The van der Waals surface area contributed by atoms with Gasteiger partial charge in [0.2, 0.25) is 11.8 Å². The SMILES string of the molecule is COc1ccc(-n2nc(C(C)(C)C)c3c2N(CC(=O)NCc2cccnc2)C(=O)CS[C@H]3c2cccc(Cl)c2)cc1. The number of halogens is 1. The Bertz CT molecular complexity index is 1550. The highest BCUT2D eigenvalue weighted by Gasteiger charge is 2.40. The third-order valence-corrected chi connectivity index (χ3v) is 8.27. The lowest BCUT2D eigenvalue weighted by Gasteiger charge is -2.24. The van der Waals surface area contributed by atoms with Crippen molar-refractivity contribution in [2.75, 3.05) is 24.3 Å². The van der Waals surface area contributed by atoms with E-state index in [1.165, 1.54) is 11.8 Å². The number of anilines is 1. The Hall–Kier alpha value is -3.82. The molecule has 0 unspecified atom stereocenters. The maximum atomic E-state index is 13.8. The zero-order valence-electron chi connectivity index (χ0n) is 23.4. The molecule has 2 aromatic heterocycles. The molecule has 1 aliphatic rings. The molecule has 4 aromatic rings. The number of benzene rings is 2. The number of pyridine rings is 1. The number of carbonyl (C=O) groups excluding carboxylic acids is 2. The summed E-state index contributed by atoms with van der Waals surface area (Å²) in [5.74, 6) is 1.02. The van der Waals surface area contributed by atoms with Gasteiger partial charge in [-0.25, -0.2) is 4.68 Å². The molecule has 41 heavy (non-hydrogen) atoms. The first kappa shape index (κ1) is 28.7. The highest BCUT2D eigenvalue weighted by Crippen LogP contribution is 2.48. The van der Waals surface area contributed by atoms with Crippen molar-refractivity contribution in [1.82, 2.24) is 20.1 Å². The van der Waals surface area contributed by atoms with E-state index in [-0.39, 0.29) is 34.8 Å². The summed E-state index contributed by atoms with van der Waals surface area (Å²) in [5.41, 5.74) is 3.98. The molecule has 8 nitrogen and oxygen atoms in total. The number of nitrogens with zero attached hydrogens (tertiary/aromatic N) is 4. The minimum Gasteiger partial charge on any atom is -0.497 e. The predicted octanol–water partition coefficient (Wildman–Crippen LogP) is 5.71. The molecule has 0 saturated carbocycles. The molecule has 0 radical (unpaired) electrons. The van der Waals surface area contributed by atoms with Gasteiger partial charge in [-0.1, -0.05) is 50.6 Å². The van der Waals surface area contributed by atoms with Crippen molar-refractivity contribution < 1.29 is 14.3 Å². The van der Waals surface area contributed by atoms with E-state index < -0.39 is 0 Å². The molecule has 0 aliphatic carbocycles. The van der Waals surface area contributed by atoms with Gasteiger partial charge in [-0.2, -0.15) is 5.10 Å². The molecule has 212 valence electrons. The quantitative estimate of drug-likeness (QED) is 0.297. The smallest absolute Gasteiger partial charge is 0.240 e. The van der Waals surface area contributed by atoms with Crippen LogP contribution in [0.4, 0.5) is 5.82 Å². The van der Waals surface area contributed by atoms with Crippen LogP contribution in [-0.2, 0) is 21.5 Å². The Morgan fingerprint density at radius 2 is 1.93 bits per heavy atom. The van der Waals surface area contributed by atoms with Crippen molar-refractivity contribution in [3.8, 4) is 11.4 Å². The van der Waals surface area contributed by atoms with Crippen LogP contribution in [0.15, 0.2) is 73.1 Å². The summed E-state index contributed by atoms with van der Waals surface area (Å²) < 4.78 is 7.15. The summed E-state index contributed by atoms with van der Waals surface area (Å²) in [6.45, 7) is 6.47. The van der Waals surface area contributed by atoms with E-state index in [4.69, 9.17) is 21.4 Å². The highest BCUT2D eigenvalue weighted by molar-refractivity contribution is 8.00. The molecule has 1 N–H and O–H groups in total. The Morgan fingerprint density at radius 1 is 1.15 bits per heavy atom. The first-order chi connectivity index (χ1) is 19.7. The molecule has 2 amide bonds. The lowest BCUT2D eigenvalue weighted by Crippen LogP contribution is -2.42. The molecule has 0 fully saturated rings. The molecule has 2 aromatic carbocycles. The van der Waals surface area contributed by atoms with Crippen molar-refractivity contribution in [3.05, 3.63) is 100 Å². The van der Waals surface area contributed by atoms with Crippen molar-refractivity contribution >= 4 is 41.0 Å². The van der Waals surface area contributed by atoms with Crippen LogP contribution < -0.4 is 15.0 Å². The summed E-state index contributed by atoms with van der Waals surface area (Å²) >= 11 is 7.95. The zero-order valence-corrected chi connectivity index (χ0v) is 25.0. The Morgan fingerprint density at radius 3 is 2.59 bits per heavy atom. The second kappa shape index (κ2) is 12.0. The van der Waals surface area contributed by atoms with Gasteiger partial charge >= 0.3 is 0 Å². The standard InChI is InChI=1S/C31H32ClN5O3S/c1-31(2,3)29-27-28(21-8-5-9-22(32)15-21)41-19-26(39)36(18-25(38)34-17-20-7-6-14-33-16-20)30(27)37(35-29)23-10-12-24(40-4)13-11-23/h5-16,28H,17-19H2,1-4H3,(H,34,38)/t28-/m0/s1. The molecule has 3 heterocycles. The van der Waals surface area contributed by atoms with Crippen LogP contribution in [0.5, 0.6) is 5.75 Å². The van der Waals surface area contributed by atoms with Gasteiger partial charge < -0.3 is 10.1 Å². The van der Waals surface area contributed by atoms with Crippen LogP contribution >= 0.6 is 23.4 Å². The summed E-state index contributed by atoms with van der Waals surface area (Å²) in [6, 6.07) is 18.9. The number of aromatic nitrogens is 3. The van der Waals surface area contributed by atoms with Crippen molar-refractivity contribution in [2.24, 2.45) is 0 Å². The van der Waals surface area contributed by atoms with Gasteiger partial charge in [-0.3, -0.25) is 19.5 Å². The largest absolute Gasteiger partial charge is 0.497 e. The van der Waals surface area contributed by atoms with Gasteiger partial charge in [0, 0.05) is 34.9 Å². The predicted molar refractivity (Wildman–Crippen MR) is 163 cm³/mol. The molecule has 5 rings (SSSR count). The first-order valence-corrected chi connectivity index (χ1v) is 14.7. The van der Waals surface area contributed by atoms with Crippen LogP contribution in [-0.4, -0.2) is 46.0 Å². The number of methoxy groups -OCH3 is 1. The van der Waals surface area contributed by atoms with E-state index in [0.717, 1.165) is 28.1 Å². The van der Waals surface area contributed by atoms with Gasteiger partial charge in [0.1, 0.15) is 18.1 Å². The Kier molecular flexibility index (Phi) is 8.37. The Balaban J connectivity index is 1.65. The van der Waals surface area contributed by atoms with E-state index in [0.29, 0.717) is 23.1 Å². The molecule has 1 atom stereocenters. The monoisotopic (exact) mass is 589 g/mol. The van der Waals surface area contributed by atoms with Crippen LogP contribution in [0.25, 0.3) is 5.69 Å². The molecule has 10 heteroatoms. The van der Waals surface area contributed by atoms with Gasteiger partial charge in [0.25, 0.3) is 0 Å². The van der Waals surface area contributed by atoms with E-state index in [1.807, 2.05) is 60.7 Å². The number of hydrogen-bond acceptors (Lipinski definition) is 6. The first-order valence-electron chi connectivity index (χ1n) is 13.3. The topological polar surface area (TPSA) is 89.3 Å². The van der Waals surface area contributed by atoms with Gasteiger partial charge in [-0.05, 0) is 53.6 Å². The summed E-state index contributed by atoms with van der Waals surface area (Å²) in [7, 11) is 1.62. The number of ether oxygens (including phenoxy) is 1. The lowest BCUT2D eigenvalue weighted by molar-refractivity contribution is -0.123. The summed E-state index contributed by atoms with van der Waals surface area (Å²) in [5, 5.41) is 8.44. The number of hydrogen-bond donors (Lipinski definition) is 1. The fraction of sp³-hybridized carbons (Fsp3) is 0.290. The summed E-state index contributed by atoms with van der Waals surface area (Å²) in [6.07, 6.45) is 3.39. The average Bonchev–Trinajstić information content (AvgIpc) is 3.30. The van der Waals surface area contributed by atoms with Crippen LogP contribution in [0, 0.1) is 0 Å². The molecule has 1 aliphatic heterocycles. The van der Waals surface area contributed by atoms with E-state index >= 15 is 0 Å². The maximum Gasteiger partial charge on any atom is 0.240 e. The number of nitrogens with one attached hydrogen (secondary N) is 1. The maximum absolute atomic E-state index is 13.8. The van der Waals surface area contributed by atoms with Crippen molar-refractivity contribution in [3.63, 3.8) is 0 Å². The molecular formula is C31H32ClN5O3S. The van der Waals surface area contributed by atoms with E-state index in [1.54, 1.807) is 29.1 Å². The minimum atomic E-state index is -0.360. The Labute approximate surface area is 249 Å². The highest BCUT2D eigenvalue weighted by atomic mass is 35.5. The number of fused-ring (bicyclic) bond motifs is 1. The van der Waals surface area contributed by atoms with Crippen LogP contribution in [0.3, 0.4) is 0 Å². The molecule has 0 bridgehead atoms. The third-order valence-electron chi connectivity index (χ3n) is 6.78. The molecule has 0 spiro atoms. The number of rotatable bonds is 7. The number of amides is 2. The molecular weight excluding hydrogens is 558 g/mol. The normalized spacial score (nSPS) is 15.3. The van der Waals surface area contributed by atoms with Crippen LogP contribution in [0.1, 0.15) is 48.4 Å². The lowest BCUT2D eigenvalue weighted by atomic mass is 9.87. The van der Waals surface area contributed by atoms with Gasteiger partial charge in [0.15, 0.2) is 0 Å². The second-order valence-corrected chi connectivity index (χ2v) is 12.3. The summed E-state index contributed by atoms with van der Waals surface area (Å²) in [4.78, 5) is 32.8. The molecule has 0 saturated heterocycles. The van der Waals surface area contributed by atoms with Gasteiger partial charge in [-0.15, -0.1) is 11.8 Å². The second-order valence-electron chi connectivity index (χ2n) is 10.8. The van der Waals surface area contributed by atoms with Crippen molar-refractivity contribution in [1.29, 1.82) is 0 Å². The average molecular weight is 590 g/mol. The third kappa shape index (κ3) is 6.26. The van der Waals surface area contributed by atoms with Gasteiger partial charge in [0.05, 0.1) is 29.5 Å². The zero-order chi connectivity index (χ0) is 29.1. The van der Waals surface area contributed by atoms with E-state index in [2.05, 4.69) is 31.1 Å². The fourth-order valence-electron chi connectivity index (χ4n) is 4.81. The van der Waals surface area contributed by atoms with E-state index in [9.17, 15) is 9.59 Å². The fourth-order valence-corrected chi connectivity index (χ4v) is 6.20.